The maximum Gasteiger partial charge on any atom is 0.110 e. The number of nitrogens with zero attached hydrogens (tertiary/aromatic N) is 2. The number of aromatic nitrogens is 2. The van der Waals surface area contributed by atoms with E-state index < -0.39 is 0 Å². The van der Waals surface area contributed by atoms with Crippen molar-refractivity contribution in [1.82, 2.24) is 9.97 Å². The minimum atomic E-state index is 0.648. The molecule has 1 aromatic carbocycles. The zero-order valence-electron chi connectivity index (χ0n) is 8.03. The lowest BCUT2D eigenvalue weighted by Gasteiger charge is -1.89. The van der Waals surface area contributed by atoms with Gasteiger partial charge in [0.2, 0.25) is 0 Å². The molecular weight excluding hydrogens is 206 g/mol. The lowest BCUT2D eigenvalue weighted by molar-refractivity contribution is 0.986. The third kappa shape index (κ3) is 1.58. The molecule has 0 radical (unpaired) electrons. The fourth-order valence-corrected chi connectivity index (χ4v) is 1.80. The molecule has 1 heterocycles. The van der Waals surface area contributed by atoms with E-state index in [0.29, 0.717) is 5.92 Å². The van der Waals surface area contributed by atoms with Gasteiger partial charge in [0.15, 0.2) is 0 Å². The highest BCUT2D eigenvalue weighted by molar-refractivity contribution is 7.78. The van der Waals surface area contributed by atoms with Crippen LogP contribution in [0.4, 0.5) is 5.69 Å². The highest BCUT2D eigenvalue weighted by atomic mass is 32.1. The molecule has 2 aromatic rings. The Labute approximate surface area is 92.2 Å². The van der Waals surface area contributed by atoms with Crippen molar-refractivity contribution < 1.29 is 0 Å². The van der Waals surface area contributed by atoms with E-state index >= 15 is 0 Å². The first kappa shape index (κ1) is 8.77. The molecule has 1 aliphatic carbocycles. The lowest BCUT2D eigenvalue weighted by Crippen LogP contribution is -1.79. The monoisotopic (exact) mass is 215 g/mol. The number of thiocarbonyl (C=S) groups is 1. The van der Waals surface area contributed by atoms with Crippen LogP contribution in [0.1, 0.15) is 24.6 Å². The van der Waals surface area contributed by atoms with Crippen molar-refractivity contribution in [2.24, 2.45) is 4.99 Å². The Bertz CT molecular complexity index is 562. The minimum Gasteiger partial charge on any atom is -0.342 e. The van der Waals surface area contributed by atoms with Crippen molar-refractivity contribution in [3.8, 4) is 0 Å². The summed E-state index contributed by atoms with van der Waals surface area (Å²) in [6, 6.07) is 5.82. The molecule has 1 N–H and O–H groups in total. The molecule has 0 atom stereocenters. The highest BCUT2D eigenvalue weighted by Gasteiger charge is 2.26. The summed E-state index contributed by atoms with van der Waals surface area (Å²) < 4.78 is 0. The van der Waals surface area contributed by atoms with E-state index in [1.807, 2.05) is 18.2 Å². The number of hydrogen-bond donors (Lipinski definition) is 1. The van der Waals surface area contributed by atoms with Crippen LogP contribution in [0, 0.1) is 0 Å². The molecule has 1 aliphatic rings. The second-order valence-corrected chi connectivity index (χ2v) is 3.98. The number of H-pyrrole nitrogens is 1. The summed E-state index contributed by atoms with van der Waals surface area (Å²) in [6.07, 6.45) is 2.51. The van der Waals surface area contributed by atoms with Crippen molar-refractivity contribution in [3.63, 3.8) is 0 Å². The van der Waals surface area contributed by atoms with Crippen LogP contribution in [0.3, 0.4) is 0 Å². The number of isothiocyanates is 1. The highest BCUT2D eigenvalue weighted by Crippen LogP contribution is 2.39. The number of fused-ring (bicyclic) bond motifs is 1. The number of hydrogen-bond acceptors (Lipinski definition) is 3. The first-order chi connectivity index (χ1) is 7.36. The number of rotatable bonds is 2. The normalized spacial score (nSPS) is 15.2. The topological polar surface area (TPSA) is 41.0 Å². The Balaban J connectivity index is 2.13. The molecule has 0 saturated heterocycles. The van der Waals surface area contributed by atoms with Crippen LogP contribution in [-0.4, -0.2) is 15.1 Å². The van der Waals surface area contributed by atoms with Gasteiger partial charge in [0, 0.05) is 5.92 Å². The van der Waals surface area contributed by atoms with Gasteiger partial charge in [-0.15, -0.1) is 0 Å². The Morgan fingerprint density at radius 1 is 1.47 bits per heavy atom. The van der Waals surface area contributed by atoms with Crippen molar-refractivity contribution in [1.29, 1.82) is 0 Å². The summed E-state index contributed by atoms with van der Waals surface area (Å²) >= 11 is 4.57. The van der Waals surface area contributed by atoms with Crippen molar-refractivity contribution >= 4 is 34.1 Å². The van der Waals surface area contributed by atoms with Gasteiger partial charge in [0.25, 0.3) is 0 Å². The van der Waals surface area contributed by atoms with Crippen LogP contribution in [0.25, 0.3) is 11.0 Å². The summed E-state index contributed by atoms with van der Waals surface area (Å²) in [7, 11) is 0. The third-order valence-electron chi connectivity index (χ3n) is 2.62. The van der Waals surface area contributed by atoms with E-state index in [-0.39, 0.29) is 0 Å². The summed E-state index contributed by atoms with van der Waals surface area (Å²) in [5.74, 6) is 1.75. The van der Waals surface area contributed by atoms with Gasteiger partial charge in [0.05, 0.1) is 21.9 Å². The molecule has 3 rings (SSSR count). The van der Waals surface area contributed by atoms with E-state index in [1.54, 1.807) is 0 Å². The van der Waals surface area contributed by atoms with Gasteiger partial charge in [-0.25, -0.2) is 4.98 Å². The van der Waals surface area contributed by atoms with Crippen molar-refractivity contribution in [2.75, 3.05) is 0 Å². The summed E-state index contributed by atoms with van der Waals surface area (Å²) in [5, 5.41) is 2.36. The van der Waals surface area contributed by atoms with E-state index in [2.05, 4.69) is 32.3 Å². The van der Waals surface area contributed by atoms with Gasteiger partial charge in [-0.2, -0.15) is 4.99 Å². The molecule has 0 amide bonds. The molecule has 0 bridgehead atoms. The summed E-state index contributed by atoms with van der Waals surface area (Å²) in [5.41, 5.74) is 2.85. The first-order valence-electron chi connectivity index (χ1n) is 4.94. The smallest absolute Gasteiger partial charge is 0.110 e. The average Bonchev–Trinajstić information content (AvgIpc) is 2.99. The van der Waals surface area contributed by atoms with E-state index in [1.165, 1.54) is 12.8 Å². The lowest BCUT2D eigenvalue weighted by atomic mass is 10.3. The predicted molar refractivity (Wildman–Crippen MR) is 62.8 cm³/mol. The van der Waals surface area contributed by atoms with Crippen molar-refractivity contribution in [3.05, 3.63) is 24.0 Å². The van der Waals surface area contributed by atoms with Gasteiger partial charge in [0.1, 0.15) is 5.82 Å². The maximum absolute atomic E-state index is 4.57. The molecule has 0 spiro atoms. The molecule has 4 heteroatoms. The maximum atomic E-state index is 4.57. The Kier molecular flexibility index (Phi) is 1.91. The number of aliphatic imine (C=N–C) groups is 1. The molecule has 1 fully saturated rings. The fourth-order valence-electron chi connectivity index (χ4n) is 1.69. The number of nitrogens with one attached hydrogen (secondary N) is 1. The Hall–Kier alpha value is -1.51. The van der Waals surface area contributed by atoms with Crippen LogP contribution in [0.15, 0.2) is 23.2 Å². The minimum absolute atomic E-state index is 0.648. The Morgan fingerprint density at radius 3 is 3.07 bits per heavy atom. The molecule has 0 unspecified atom stereocenters. The number of aromatic amines is 1. The van der Waals surface area contributed by atoms with Crippen LogP contribution in [-0.2, 0) is 0 Å². The first-order valence-corrected chi connectivity index (χ1v) is 5.35. The quantitative estimate of drug-likeness (QED) is 0.617. The van der Waals surface area contributed by atoms with Gasteiger partial charge in [-0.3, -0.25) is 0 Å². The molecule has 1 aromatic heterocycles. The van der Waals surface area contributed by atoms with Crippen LogP contribution >= 0.6 is 12.2 Å². The van der Waals surface area contributed by atoms with Gasteiger partial charge in [-0.1, -0.05) is 0 Å². The van der Waals surface area contributed by atoms with Crippen LogP contribution in [0.2, 0.25) is 0 Å². The van der Waals surface area contributed by atoms with Gasteiger partial charge in [-0.05, 0) is 43.3 Å². The fraction of sp³-hybridized carbons (Fsp3) is 0.273. The van der Waals surface area contributed by atoms with Crippen LogP contribution < -0.4 is 0 Å². The van der Waals surface area contributed by atoms with E-state index in [4.69, 9.17) is 0 Å². The second kappa shape index (κ2) is 3.26. The van der Waals surface area contributed by atoms with E-state index in [9.17, 15) is 0 Å². The zero-order chi connectivity index (χ0) is 10.3. The van der Waals surface area contributed by atoms with E-state index in [0.717, 1.165) is 22.5 Å². The summed E-state index contributed by atoms with van der Waals surface area (Å²) in [6.45, 7) is 0. The molecule has 15 heavy (non-hydrogen) atoms. The number of benzene rings is 1. The van der Waals surface area contributed by atoms with Crippen LogP contribution in [0.5, 0.6) is 0 Å². The number of imidazole rings is 1. The standard InChI is InChI=1S/C11H9N3S/c15-6-12-8-3-4-9-10(5-8)14-11(13-9)7-1-2-7/h3-5,7H,1-2H2,(H,13,14). The third-order valence-corrected chi connectivity index (χ3v) is 2.71. The SMILES string of the molecule is S=C=Nc1ccc2nc(C3CC3)[nH]c2c1. The Morgan fingerprint density at radius 2 is 2.33 bits per heavy atom. The molecule has 74 valence electrons. The average molecular weight is 215 g/mol. The molecule has 1 saturated carbocycles. The van der Waals surface area contributed by atoms with Gasteiger partial charge < -0.3 is 4.98 Å². The largest absolute Gasteiger partial charge is 0.342 e. The predicted octanol–water partition coefficient (Wildman–Crippen LogP) is 3.17. The van der Waals surface area contributed by atoms with Gasteiger partial charge >= 0.3 is 0 Å². The second-order valence-electron chi connectivity index (χ2n) is 3.80. The molecular formula is C11H9N3S. The van der Waals surface area contributed by atoms with Crippen molar-refractivity contribution in [2.45, 2.75) is 18.8 Å². The summed E-state index contributed by atoms with van der Waals surface area (Å²) in [4.78, 5) is 11.8. The molecule has 0 aliphatic heterocycles. The molecule has 3 nitrogen and oxygen atoms in total. The zero-order valence-corrected chi connectivity index (χ0v) is 8.84.